The Morgan fingerprint density at radius 1 is 1.11 bits per heavy atom. The maximum absolute atomic E-state index is 12.5. The number of carbonyl (C=O) groups excluding carboxylic acids is 1. The van der Waals surface area contributed by atoms with Crippen molar-refractivity contribution in [2.24, 2.45) is 9.98 Å². The van der Waals surface area contributed by atoms with Crippen LogP contribution in [0.1, 0.15) is 32.3 Å². The summed E-state index contributed by atoms with van der Waals surface area (Å²) in [6.45, 7) is 5.49. The normalized spacial score (nSPS) is 18.4. The van der Waals surface area contributed by atoms with E-state index in [0.717, 1.165) is 5.56 Å². The number of benzene rings is 2. The SMILES string of the molecule is CC(C)c1ccc(S(=O)(=O)Oc2ccc3c(c2)=NC(C)(NC(=O)[O-])N=3)cc1. The minimum absolute atomic E-state index is 0.0393. The third kappa shape index (κ3) is 4.08. The summed E-state index contributed by atoms with van der Waals surface area (Å²) in [6.07, 6.45) is -1.51. The van der Waals surface area contributed by atoms with Crippen molar-refractivity contribution in [1.29, 1.82) is 0 Å². The van der Waals surface area contributed by atoms with E-state index in [9.17, 15) is 18.3 Å². The molecule has 8 nitrogen and oxygen atoms in total. The number of hydrogen-bond donors (Lipinski definition) is 1. The molecular formula is C18H18N3O5S-. The molecule has 1 aliphatic heterocycles. The van der Waals surface area contributed by atoms with Crippen LogP contribution >= 0.6 is 0 Å². The van der Waals surface area contributed by atoms with Crippen LogP contribution in [-0.2, 0) is 10.1 Å². The molecule has 142 valence electrons. The van der Waals surface area contributed by atoms with Crippen LogP contribution in [0.15, 0.2) is 57.3 Å². The summed E-state index contributed by atoms with van der Waals surface area (Å²) in [5.41, 5.74) is 1.02. The molecule has 1 amide bonds. The van der Waals surface area contributed by atoms with Crippen LogP contribution in [0.2, 0.25) is 0 Å². The highest BCUT2D eigenvalue weighted by atomic mass is 32.2. The van der Waals surface area contributed by atoms with E-state index in [1.807, 2.05) is 13.8 Å². The predicted molar refractivity (Wildman–Crippen MR) is 94.0 cm³/mol. The topological polar surface area (TPSA) is 120 Å². The number of carboxylic acid groups (broad SMARTS) is 1. The van der Waals surface area contributed by atoms with Crippen LogP contribution in [0.5, 0.6) is 5.75 Å². The van der Waals surface area contributed by atoms with E-state index in [4.69, 9.17) is 4.18 Å². The maximum atomic E-state index is 12.5. The Hall–Kier alpha value is -2.94. The van der Waals surface area contributed by atoms with Gasteiger partial charge in [-0.05, 0) is 35.7 Å². The number of hydrogen-bond acceptors (Lipinski definition) is 7. The summed E-state index contributed by atoms with van der Waals surface area (Å²) in [5.74, 6) is -1.07. The van der Waals surface area contributed by atoms with E-state index in [1.54, 1.807) is 12.1 Å². The van der Waals surface area contributed by atoms with Crippen molar-refractivity contribution >= 4 is 16.2 Å². The zero-order valence-electron chi connectivity index (χ0n) is 15.0. The highest BCUT2D eigenvalue weighted by Gasteiger charge is 2.25. The molecule has 2 aromatic carbocycles. The first-order valence-corrected chi connectivity index (χ1v) is 9.62. The van der Waals surface area contributed by atoms with Crippen molar-refractivity contribution < 1.29 is 22.5 Å². The molecule has 0 bridgehead atoms. The van der Waals surface area contributed by atoms with Crippen molar-refractivity contribution in [2.45, 2.75) is 37.4 Å². The van der Waals surface area contributed by atoms with Crippen molar-refractivity contribution in [3.63, 3.8) is 0 Å². The molecule has 2 aromatic rings. The fourth-order valence-corrected chi connectivity index (χ4v) is 3.60. The van der Waals surface area contributed by atoms with Gasteiger partial charge in [0.2, 0.25) is 5.79 Å². The van der Waals surface area contributed by atoms with Gasteiger partial charge in [0, 0.05) is 13.0 Å². The van der Waals surface area contributed by atoms with E-state index < -0.39 is 22.0 Å². The van der Waals surface area contributed by atoms with Gasteiger partial charge in [-0.3, -0.25) is 0 Å². The van der Waals surface area contributed by atoms with E-state index in [-0.39, 0.29) is 16.6 Å². The number of fused-ring (bicyclic) bond motifs is 1. The zero-order valence-corrected chi connectivity index (χ0v) is 15.8. The van der Waals surface area contributed by atoms with E-state index in [1.165, 1.54) is 37.3 Å². The highest BCUT2D eigenvalue weighted by molar-refractivity contribution is 7.87. The van der Waals surface area contributed by atoms with Crippen LogP contribution in [0.25, 0.3) is 0 Å². The average molecular weight is 388 g/mol. The first kappa shape index (κ1) is 18.8. The summed E-state index contributed by atoms with van der Waals surface area (Å²) in [4.78, 5) is 19.1. The van der Waals surface area contributed by atoms with Gasteiger partial charge in [0.1, 0.15) is 16.7 Å². The third-order valence-electron chi connectivity index (χ3n) is 4.00. The molecule has 0 saturated heterocycles. The van der Waals surface area contributed by atoms with Gasteiger partial charge in [-0.15, -0.1) is 0 Å². The number of nitrogens with zero attached hydrogens (tertiary/aromatic N) is 2. The molecule has 1 atom stereocenters. The third-order valence-corrected chi connectivity index (χ3v) is 5.26. The summed E-state index contributed by atoms with van der Waals surface area (Å²) >= 11 is 0. The van der Waals surface area contributed by atoms with Gasteiger partial charge in [-0.1, -0.05) is 26.0 Å². The minimum Gasteiger partial charge on any atom is -0.530 e. The van der Waals surface area contributed by atoms with Gasteiger partial charge in [-0.2, -0.15) is 8.42 Å². The summed E-state index contributed by atoms with van der Waals surface area (Å²) in [6, 6.07) is 10.8. The molecule has 3 rings (SSSR count). The Labute approximate surface area is 156 Å². The Balaban J connectivity index is 1.88. The van der Waals surface area contributed by atoms with E-state index >= 15 is 0 Å². The van der Waals surface area contributed by atoms with E-state index in [0.29, 0.717) is 10.7 Å². The zero-order chi connectivity index (χ0) is 19.8. The number of rotatable bonds is 5. The lowest BCUT2D eigenvalue weighted by Crippen LogP contribution is -2.48. The quantitative estimate of drug-likeness (QED) is 0.745. The number of nitrogens with one attached hydrogen (secondary N) is 1. The fraction of sp³-hybridized carbons (Fsp3) is 0.278. The molecule has 9 heteroatoms. The molecule has 1 aliphatic rings. The van der Waals surface area contributed by atoms with E-state index in [2.05, 4.69) is 15.3 Å². The first-order valence-electron chi connectivity index (χ1n) is 8.21. The van der Waals surface area contributed by atoms with Crippen molar-refractivity contribution in [3.05, 3.63) is 58.7 Å². The molecule has 0 aliphatic carbocycles. The average Bonchev–Trinajstić information content (AvgIpc) is 2.88. The summed E-state index contributed by atoms with van der Waals surface area (Å²) < 4.78 is 30.1. The molecule has 0 spiro atoms. The second-order valence-corrected chi connectivity index (χ2v) is 8.11. The highest BCUT2D eigenvalue weighted by Crippen LogP contribution is 2.20. The van der Waals surface area contributed by atoms with Gasteiger partial charge >= 0.3 is 10.1 Å². The second kappa shape index (κ2) is 6.66. The maximum Gasteiger partial charge on any atom is 0.339 e. The minimum atomic E-state index is -4.01. The number of amides is 1. The largest absolute Gasteiger partial charge is 0.530 e. The van der Waals surface area contributed by atoms with Gasteiger partial charge in [0.15, 0.2) is 0 Å². The van der Waals surface area contributed by atoms with Crippen molar-refractivity contribution in [2.75, 3.05) is 0 Å². The van der Waals surface area contributed by atoms with Gasteiger partial charge in [0.05, 0.1) is 10.7 Å². The molecule has 0 radical (unpaired) electrons. The predicted octanol–water partition coefficient (Wildman–Crippen LogP) is 0.437. The van der Waals surface area contributed by atoms with Gasteiger partial charge in [0.25, 0.3) is 0 Å². The monoisotopic (exact) mass is 388 g/mol. The molecule has 1 heterocycles. The molecular weight excluding hydrogens is 370 g/mol. The van der Waals surface area contributed by atoms with Crippen molar-refractivity contribution in [3.8, 4) is 5.75 Å². The molecule has 27 heavy (non-hydrogen) atoms. The number of carbonyl (C=O) groups is 1. The second-order valence-electron chi connectivity index (χ2n) is 6.57. The molecule has 0 aromatic heterocycles. The lowest BCUT2D eigenvalue weighted by atomic mass is 10.0. The molecule has 1 N–H and O–H groups in total. The van der Waals surface area contributed by atoms with Gasteiger partial charge in [-0.25, -0.2) is 9.98 Å². The van der Waals surface area contributed by atoms with Crippen LogP contribution < -0.4 is 25.3 Å². The molecule has 1 unspecified atom stereocenters. The Morgan fingerprint density at radius 2 is 1.74 bits per heavy atom. The van der Waals surface area contributed by atoms with Crippen LogP contribution in [0.4, 0.5) is 4.79 Å². The van der Waals surface area contributed by atoms with Gasteiger partial charge < -0.3 is 19.4 Å². The smallest absolute Gasteiger partial charge is 0.339 e. The first-order chi connectivity index (χ1) is 12.6. The fourth-order valence-electron chi connectivity index (χ4n) is 2.68. The van der Waals surface area contributed by atoms with Crippen LogP contribution in [0.3, 0.4) is 0 Å². The lowest BCUT2D eigenvalue weighted by molar-refractivity contribution is -0.252. The Morgan fingerprint density at radius 3 is 2.33 bits per heavy atom. The van der Waals surface area contributed by atoms with Crippen LogP contribution in [0, 0.1) is 0 Å². The lowest BCUT2D eigenvalue weighted by Gasteiger charge is -2.20. The summed E-state index contributed by atoms with van der Waals surface area (Å²) in [7, 11) is -4.01. The van der Waals surface area contributed by atoms with Crippen LogP contribution in [-0.4, -0.2) is 20.3 Å². The Bertz CT molecular complexity index is 1110. The Kier molecular flexibility index (Phi) is 4.64. The standard InChI is InChI=1S/C18H19N3O5S/c1-11(2)12-4-7-14(8-5-12)27(24,25)26-13-6-9-15-16(10-13)20-18(3,19-15)21-17(22)23/h4-11,21H,1-3H3,(H,22,23)/p-1. The summed E-state index contributed by atoms with van der Waals surface area (Å²) in [5, 5.41) is 13.6. The molecule has 0 saturated carbocycles. The molecule has 0 fully saturated rings. The van der Waals surface area contributed by atoms with Crippen molar-refractivity contribution in [1.82, 2.24) is 5.32 Å².